The number of hydrogen-bond donors (Lipinski definition) is 4. The molecule has 1 rings (SSSR count). The first-order valence-corrected chi connectivity index (χ1v) is 7.67. The molecule has 1 heterocycles. The molecule has 126 valence electrons. The van der Waals surface area contributed by atoms with Gasteiger partial charge in [-0.25, -0.2) is 4.79 Å². The van der Waals surface area contributed by atoms with Crippen LogP contribution in [0.25, 0.3) is 0 Å². The van der Waals surface area contributed by atoms with E-state index in [-0.39, 0.29) is 5.91 Å². The van der Waals surface area contributed by atoms with Gasteiger partial charge in [-0.3, -0.25) is 9.59 Å². The molecule has 0 aromatic heterocycles. The second kappa shape index (κ2) is 8.70. The Morgan fingerprint density at radius 1 is 1.36 bits per heavy atom. The molecule has 0 spiro atoms. The molecule has 0 saturated carbocycles. The quantitative estimate of drug-likeness (QED) is 0.425. The second-order valence-corrected chi connectivity index (χ2v) is 5.66. The van der Waals surface area contributed by atoms with Crippen LogP contribution in [0.3, 0.4) is 0 Å². The van der Waals surface area contributed by atoms with Crippen LogP contribution >= 0.6 is 0 Å². The number of carbonyl (C=O) groups excluding carboxylic acids is 2. The van der Waals surface area contributed by atoms with Crippen LogP contribution in [0.2, 0.25) is 0 Å². The third kappa shape index (κ3) is 4.96. The van der Waals surface area contributed by atoms with Gasteiger partial charge in [0.1, 0.15) is 12.1 Å². The smallest absolute Gasteiger partial charge is 0.326 e. The van der Waals surface area contributed by atoms with Crippen LogP contribution in [0.15, 0.2) is 0 Å². The van der Waals surface area contributed by atoms with E-state index in [0.717, 1.165) is 0 Å². The molecular formula is C14H26N4O4. The first kappa shape index (κ1) is 18.4. The topological polar surface area (TPSA) is 139 Å². The first-order chi connectivity index (χ1) is 10.4. The van der Waals surface area contributed by atoms with E-state index < -0.39 is 30.0 Å². The second-order valence-electron chi connectivity index (χ2n) is 5.66. The molecule has 0 aromatic carbocycles. The molecule has 2 amide bonds. The molecule has 1 fully saturated rings. The Labute approximate surface area is 130 Å². The molecule has 8 heteroatoms. The number of carbonyl (C=O) groups is 3. The molecule has 0 bridgehead atoms. The van der Waals surface area contributed by atoms with Crippen LogP contribution in [0.1, 0.15) is 39.0 Å². The van der Waals surface area contributed by atoms with E-state index in [9.17, 15) is 19.5 Å². The predicted octanol–water partition coefficient (Wildman–Crippen LogP) is -0.977. The van der Waals surface area contributed by atoms with Gasteiger partial charge in [0.25, 0.3) is 0 Å². The molecule has 0 aliphatic carbocycles. The average Bonchev–Trinajstić information content (AvgIpc) is 2.94. The number of amides is 2. The highest BCUT2D eigenvalue weighted by Crippen LogP contribution is 2.18. The van der Waals surface area contributed by atoms with E-state index >= 15 is 0 Å². The van der Waals surface area contributed by atoms with E-state index in [1.165, 1.54) is 4.90 Å². The Kier molecular flexibility index (Phi) is 7.26. The Bertz CT molecular complexity index is 414. The third-order valence-electron chi connectivity index (χ3n) is 3.79. The maximum atomic E-state index is 12.3. The Morgan fingerprint density at radius 2 is 2.05 bits per heavy atom. The lowest BCUT2D eigenvalue weighted by Gasteiger charge is -2.26. The molecule has 8 nitrogen and oxygen atoms in total. The van der Waals surface area contributed by atoms with E-state index in [0.29, 0.717) is 45.2 Å². The number of hydrogen-bond acceptors (Lipinski definition) is 5. The van der Waals surface area contributed by atoms with Gasteiger partial charge in [0, 0.05) is 6.54 Å². The summed E-state index contributed by atoms with van der Waals surface area (Å²) in [6, 6.07) is -2.25. The number of likely N-dealkylation sites (tertiary alicyclic amines) is 1. The van der Waals surface area contributed by atoms with Crippen molar-refractivity contribution in [3.8, 4) is 0 Å². The van der Waals surface area contributed by atoms with Crippen LogP contribution in [0.5, 0.6) is 0 Å². The fourth-order valence-electron chi connectivity index (χ4n) is 2.58. The van der Waals surface area contributed by atoms with Crippen molar-refractivity contribution in [2.45, 2.75) is 57.2 Å². The van der Waals surface area contributed by atoms with Gasteiger partial charge < -0.3 is 26.8 Å². The summed E-state index contributed by atoms with van der Waals surface area (Å²) in [4.78, 5) is 36.9. The van der Waals surface area contributed by atoms with Crippen LogP contribution in [-0.2, 0) is 14.4 Å². The maximum absolute atomic E-state index is 12.3. The number of nitrogens with zero attached hydrogens (tertiary/aromatic N) is 1. The number of aliphatic carboxylic acids is 1. The van der Waals surface area contributed by atoms with Crippen LogP contribution in [-0.4, -0.2) is 59.0 Å². The summed E-state index contributed by atoms with van der Waals surface area (Å²) in [5.41, 5.74) is 11.0. The van der Waals surface area contributed by atoms with Gasteiger partial charge in [-0.15, -0.1) is 0 Å². The van der Waals surface area contributed by atoms with Gasteiger partial charge in [-0.1, -0.05) is 0 Å². The van der Waals surface area contributed by atoms with Crippen LogP contribution in [0.4, 0.5) is 0 Å². The lowest BCUT2D eigenvalue weighted by Crippen LogP contribution is -2.53. The van der Waals surface area contributed by atoms with Crippen molar-refractivity contribution in [1.82, 2.24) is 10.2 Å². The van der Waals surface area contributed by atoms with Crippen molar-refractivity contribution < 1.29 is 19.5 Å². The molecular weight excluding hydrogens is 288 g/mol. The largest absolute Gasteiger partial charge is 0.480 e. The number of nitrogens with two attached hydrogens (primary N) is 2. The molecule has 0 radical (unpaired) electrons. The lowest BCUT2D eigenvalue weighted by molar-refractivity contribution is -0.144. The molecule has 6 N–H and O–H groups in total. The molecule has 1 aliphatic heterocycles. The molecule has 1 saturated heterocycles. The van der Waals surface area contributed by atoms with Gasteiger partial charge in [-0.05, 0) is 45.6 Å². The van der Waals surface area contributed by atoms with E-state index in [1.807, 2.05) is 0 Å². The van der Waals surface area contributed by atoms with Crippen LogP contribution < -0.4 is 16.8 Å². The summed E-state index contributed by atoms with van der Waals surface area (Å²) in [6.45, 7) is 2.53. The van der Waals surface area contributed by atoms with E-state index in [1.54, 1.807) is 6.92 Å². The third-order valence-corrected chi connectivity index (χ3v) is 3.79. The molecule has 0 unspecified atom stereocenters. The average molecular weight is 314 g/mol. The number of carboxylic acids is 1. The molecule has 0 aromatic rings. The van der Waals surface area contributed by atoms with Crippen molar-refractivity contribution in [2.24, 2.45) is 11.5 Å². The Morgan fingerprint density at radius 3 is 2.59 bits per heavy atom. The van der Waals surface area contributed by atoms with Crippen molar-refractivity contribution in [3.05, 3.63) is 0 Å². The number of rotatable bonds is 8. The summed E-state index contributed by atoms with van der Waals surface area (Å²) in [7, 11) is 0. The highest BCUT2D eigenvalue weighted by atomic mass is 16.4. The summed E-state index contributed by atoms with van der Waals surface area (Å²) in [5.74, 6) is -1.78. The normalized spacial score (nSPS) is 20.5. The summed E-state index contributed by atoms with van der Waals surface area (Å²) in [6.07, 6.45) is 2.90. The predicted molar refractivity (Wildman–Crippen MR) is 80.9 cm³/mol. The van der Waals surface area contributed by atoms with Crippen molar-refractivity contribution >= 4 is 17.8 Å². The minimum absolute atomic E-state index is 0.285. The fraction of sp³-hybridized carbons (Fsp3) is 0.786. The van der Waals surface area contributed by atoms with Gasteiger partial charge in [-0.2, -0.15) is 0 Å². The van der Waals surface area contributed by atoms with Crippen molar-refractivity contribution in [3.63, 3.8) is 0 Å². The minimum Gasteiger partial charge on any atom is -0.480 e. The number of carboxylic acid groups (broad SMARTS) is 1. The van der Waals surface area contributed by atoms with Gasteiger partial charge >= 0.3 is 5.97 Å². The minimum atomic E-state index is -1.08. The highest BCUT2D eigenvalue weighted by molar-refractivity contribution is 5.92. The molecule has 3 atom stereocenters. The summed E-state index contributed by atoms with van der Waals surface area (Å²) >= 11 is 0. The van der Waals surface area contributed by atoms with E-state index in [2.05, 4.69) is 5.32 Å². The highest BCUT2D eigenvalue weighted by Gasteiger charge is 2.36. The Hall–Kier alpha value is -1.67. The van der Waals surface area contributed by atoms with Crippen molar-refractivity contribution in [2.75, 3.05) is 13.1 Å². The summed E-state index contributed by atoms with van der Waals surface area (Å²) < 4.78 is 0. The van der Waals surface area contributed by atoms with Crippen LogP contribution in [0, 0.1) is 0 Å². The Balaban J connectivity index is 2.64. The molecule has 22 heavy (non-hydrogen) atoms. The number of unbranched alkanes of at least 4 members (excludes halogenated alkanes) is 1. The first-order valence-electron chi connectivity index (χ1n) is 7.67. The lowest BCUT2D eigenvalue weighted by atomic mass is 10.1. The SMILES string of the molecule is C[C@H](N)C(=O)N1CCC[C@H]1C(=O)N[C@@H](CCCCN)C(=O)O. The summed E-state index contributed by atoms with van der Waals surface area (Å²) in [5, 5.41) is 11.7. The van der Waals surface area contributed by atoms with Gasteiger partial charge in [0.05, 0.1) is 6.04 Å². The molecule has 1 aliphatic rings. The zero-order valence-electron chi connectivity index (χ0n) is 13.0. The van der Waals surface area contributed by atoms with E-state index in [4.69, 9.17) is 11.5 Å². The zero-order chi connectivity index (χ0) is 16.7. The monoisotopic (exact) mass is 314 g/mol. The zero-order valence-corrected chi connectivity index (χ0v) is 13.0. The maximum Gasteiger partial charge on any atom is 0.326 e. The number of nitrogens with one attached hydrogen (secondary N) is 1. The van der Waals surface area contributed by atoms with Crippen molar-refractivity contribution in [1.29, 1.82) is 0 Å². The van der Waals surface area contributed by atoms with Gasteiger partial charge in [0.15, 0.2) is 0 Å². The standard InChI is InChI=1S/C14H26N4O4/c1-9(16)13(20)18-8-4-6-11(18)12(19)17-10(14(21)22)5-2-3-7-15/h9-11H,2-8,15-16H2,1H3,(H,17,19)(H,21,22)/t9-,10-,11-/m0/s1. The van der Waals surface area contributed by atoms with Gasteiger partial charge in [0.2, 0.25) is 11.8 Å². The fourth-order valence-corrected chi connectivity index (χ4v) is 2.58.